The summed E-state index contributed by atoms with van der Waals surface area (Å²) in [6.45, 7) is 11.2. The maximum absolute atomic E-state index is 13.5. The Hall–Kier alpha value is -3.94. The number of hydrogen-bond donors (Lipinski definition) is 0. The van der Waals surface area contributed by atoms with Crippen molar-refractivity contribution in [3.8, 4) is 5.75 Å². The zero-order valence-electron chi connectivity index (χ0n) is 23.4. The van der Waals surface area contributed by atoms with E-state index in [1.165, 1.54) is 17.7 Å². The van der Waals surface area contributed by atoms with Crippen molar-refractivity contribution in [2.75, 3.05) is 6.61 Å². The molecule has 0 aliphatic rings. The van der Waals surface area contributed by atoms with Crippen LogP contribution >= 0.6 is 0 Å². The molecule has 8 heteroatoms. The molecule has 0 atom stereocenters. The predicted molar refractivity (Wildman–Crippen MR) is 150 cm³/mol. The van der Waals surface area contributed by atoms with Crippen LogP contribution in [0.4, 0.5) is 5.69 Å². The lowest BCUT2D eigenvalue weighted by Crippen LogP contribution is -2.07. The second kappa shape index (κ2) is 13.7. The number of ether oxygens (including phenoxy) is 2. The van der Waals surface area contributed by atoms with E-state index in [4.69, 9.17) is 9.47 Å². The van der Waals surface area contributed by atoms with Gasteiger partial charge in [0.2, 0.25) is 0 Å². The van der Waals surface area contributed by atoms with Crippen LogP contribution in [-0.4, -0.2) is 27.8 Å². The monoisotopic (exact) mass is 534 g/mol. The minimum atomic E-state index is -0.526. The van der Waals surface area contributed by atoms with Gasteiger partial charge in [-0.1, -0.05) is 52.0 Å². The molecular formula is C31H38N2O6. The predicted octanol–water partition coefficient (Wildman–Crippen LogP) is 6.87. The molecule has 0 saturated heterocycles. The normalized spacial score (nSPS) is 11.2. The first-order chi connectivity index (χ1) is 18.6. The van der Waals surface area contributed by atoms with Crippen molar-refractivity contribution >= 4 is 17.4 Å². The molecule has 1 aromatic heterocycles. The Morgan fingerprint density at radius 1 is 1.00 bits per heavy atom. The number of carbonyl (C=O) groups is 2. The maximum Gasteiger partial charge on any atom is 0.311 e. The second-order valence-corrected chi connectivity index (χ2v) is 10.4. The quantitative estimate of drug-likeness (QED) is 0.0968. The second-order valence-electron chi connectivity index (χ2n) is 10.4. The molecule has 0 N–H and O–H groups in total. The van der Waals surface area contributed by atoms with Crippen LogP contribution in [0.5, 0.6) is 5.75 Å². The summed E-state index contributed by atoms with van der Waals surface area (Å²) >= 11 is 0. The van der Waals surface area contributed by atoms with Gasteiger partial charge in [-0.15, -0.1) is 0 Å². The minimum absolute atomic E-state index is 0.0692. The Kier molecular flexibility index (Phi) is 10.4. The van der Waals surface area contributed by atoms with E-state index in [1.807, 2.05) is 48.9 Å². The lowest BCUT2D eigenvalue weighted by atomic mass is 9.96. The van der Waals surface area contributed by atoms with E-state index in [2.05, 4.69) is 13.8 Å². The number of nitro benzene ring substituents is 1. The number of esters is 1. The van der Waals surface area contributed by atoms with Crippen molar-refractivity contribution in [2.45, 2.75) is 73.0 Å². The largest absolute Gasteiger partial charge is 0.482 e. The van der Waals surface area contributed by atoms with Crippen LogP contribution in [0.1, 0.15) is 86.0 Å². The molecule has 39 heavy (non-hydrogen) atoms. The van der Waals surface area contributed by atoms with Crippen molar-refractivity contribution in [1.29, 1.82) is 0 Å². The van der Waals surface area contributed by atoms with Gasteiger partial charge in [0, 0.05) is 42.6 Å². The number of nitro groups is 1. The summed E-state index contributed by atoms with van der Waals surface area (Å²) in [6, 6.07) is 12.4. The first-order valence-corrected chi connectivity index (χ1v) is 13.5. The van der Waals surface area contributed by atoms with Crippen LogP contribution in [0, 0.1) is 16.0 Å². The Balaban J connectivity index is 1.76. The van der Waals surface area contributed by atoms with Crippen molar-refractivity contribution in [2.24, 2.45) is 5.92 Å². The van der Waals surface area contributed by atoms with Gasteiger partial charge in [-0.25, -0.2) is 0 Å². The maximum atomic E-state index is 13.5. The third-order valence-electron chi connectivity index (χ3n) is 6.36. The van der Waals surface area contributed by atoms with Crippen LogP contribution in [0.15, 0.2) is 54.9 Å². The molecule has 2 aromatic carbocycles. The highest BCUT2D eigenvalue weighted by Crippen LogP contribution is 2.31. The summed E-state index contributed by atoms with van der Waals surface area (Å²) in [5, 5.41) is 11.9. The van der Waals surface area contributed by atoms with Gasteiger partial charge in [-0.3, -0.25) is 19.7 Å². The van der Waals surface area contributed by atoms with Crippen molar-refractivity contribution in [3.05, 3.63) is 92.8 Å². The van der Waals surface area contributed by atoms with Crippen LogP contribution in [0.25, 0.3) is 0 Å². The number of rotatable bonds is 14. The molecule has 0 aliphatic heterocycles. The number of ketones is 1. The Morgan fingerprint density at radius 3 is 2.31 bits per heavy atom. The molecule has 0 amide bonds. The topological polar surface area (TPSA) is 101 Å². The van der Waals surface area contributed by atoms with Crippen molar-refractivity contribution < 1.29 is 24.0 Å². The number of carbonyl (C=O) groups excluding carboxylic acids is 2. The van der Waals surface area contributed by atoms with Crippen molar-refractivity contribution in [1.82, 2.24) is 4.57 Å². The average Bonchev–Trinajstić information content (AvgIpc) is 3.32. The number of benzene rings is 2. The summed E-state index contributed by atoms with van der Waals surface area (Å²) in [7, 11) is 0. The highest BCUT2D eigenvalue weighted by atomic mass is 16.6. The van der Waals surface area contributed by atoms with Gasteiger partial charge in [0.25, 0.3) is 0 Å². The van der Waals surface area contributed by atoms with Gasteiger partial charge in [0.15, 0.2) is 11.5 Å². The zero-order valence-corrected chi connectivity index (χ0v) is 23.4. The molecule has 208 valence electrons. The molecule has 3 aromatic rings. The lowest BCUT2D eigenvalue weighted by Gasteiger charge is -2.10. The van der Waals surface area contributed by atoms with E-state index >= 15 is 0 Å². The summed E-state index contributed by atoms with van der Waals surface area (Å²) in [5.74, 6) is 0.201. The lowest BCUT2D eigenvalue weighted by molar-refractivity contribution is -0.386. The van der Waals surface area contributed by atoms with Gasteiger partial charge < -0.3 is 14.0 Å². The molecule has 3 rings (SSSR count). The van der Waals surface area contributed by atoms with Crippen molar-refractivity contribution in [3.63, 3.8) is 0 Å². The standard InChI is InChI=1S/C31H38N2O6/c1-6-38-30(34)8-7-15-32-18-26(22(4)5)27(19-32)31(35)25-13-14-29(28(17-25)33(36)37)39-20-24-11-9-23(10-12-24)16-21(2)3/h9-14,17-19,21-22H,6-8,15-16,20H2,1-5H3. The van der Waals surface area contributed by atoms with Crippen LogP contribution in [0.2, 0.25) is 0 Å². The highest BCUT2D eigenvalue weighted by Gasteiger charge is 2.23. The third kappa shape index (κ3) is 8.27. The Bertz CT molecular complexity index is 1290. The van der Waals surface area contributed by atoms with Crippen LogP contribution in [-0.2, 0) is 29.1 Å². The van der Waals surface area contributed by atoms with Gasteiger partial charge in [0.1, 0.15) is 6.61 Å². The van der Waals surface area contributed by atoms with E-state index < -0.39 is 4.92 Å². The molecular weight excluding hydrogens is 496 g/mol. The van der Waals surface area contributed by atoms with Gasteiger partial charge in [-0.2, -0.15) is 0 Å². The van der Waals surface area contributed by atoms with Gasteiger partial charge in [-0.05, 0) is 60.4 Å². The van der Waals surface area contributed by atoms with E-state index in [0.717, 1.165) is 17.5 Å². The van der Waals surface area contributed by atoms with Crippen LogP contribution < -0.4 is 4.74 Å². The summed E-state index contributed by atoms with van der Waals surface area (Å²) in [6.07, 6.45) is 5.51. The molecule has 0 radical (unpaired) electrons. The zero-order chi connectivity index (χ0) is 28.5. The molecule has 0 bridgehead atoms. The molecule has 0 spiro atoms. The van der Waals surface area contributed by atoms with Crippen LogP contribution in [0.3, 0.4) is 0 Å². The molecule has 1 heterocycles. The number of aryl methyl sites for hydroxylation is 1. The summed E-state index contributed by atoms with van der Waals surface area (Å²) < 4.78 is 12.7. The molecule has 0 aliphatic carbocycles. The first-order valence-electron chi connectivity index (χ1n) is 13.5. The van der Waals surface area contributed by atoms with E-state index in [1.54, 1.807) is 19.2 Å². The highest BCUT2D eigenvalue weighted by molar-refractivity contribution is 6.10. The van der Waals surface area contributed by atoms with E-state index in [-0.39, 0.29) is 41.3 Å². The number of hydrogen-bond acceptors (Lipinski definition) is 6. The van der Waals surface area contributed by atoms with Gasteiger partial charge >= 0.3 is 11.7 Å². The smallest absolute Gasteiger partial charge is 0.311 e. The average molecular weight is 535 g/mol. The molecule has 0 fully saturated rings. The summed E-state index contributed by atoms with van der Waals surface area (Å²) in [4.78, 5) is 36.5. The Morgan fingerprint density at radius 2 is 1.69 bits per heavy atom. The minimum Gasteiger partial charge on any atom is -0.482 e. The van der Waals surface area contributed by atoms with Gasteiger partial charge in [0.05, 0.1) is 11.5 Å². The molecule has 0 saturated carbocycles. The fourth-order valence-corrected chi connectivity index (χ4v) is 4.43. The van der Waals surface area contributed by atoms with E-state index in [9.17, 15) is 19.7 Å². The van der Waals surface area contributed by atoms with E-state index in [0.29, 0.717) is 37.5 Å². The third-order valence-corrected chi connectivity index (χ3v) is 6.36. The number of aromatic nitrogens is 1. The fraction of sp³-hybridized carbons (Fsp3) is 0.419. The molecule has 8 nitrogen and oxygen atoms in total. The fourth-order valence-electron chi connectivity index (χ4n) is 4.43. The SMILES string of the molecule is CCOC(=O)CCCn1cc(C(=O)c2ccc(OCc3ccc(CC(C)C)cc3)c([N+](=O)[O-])c2)c(C(C)C)c1. The number of nitrogens with zero attached hydrogens (tertiary/aromatic N) is 2. The molecule has 0 unspecified atom stereocenters. The summed E-state index contributed by atoms with van der Waals surface area (Å²) in [5.41, 5.74) is 3.44. The Labute approximate surface area is 230 Å². The first kappa shape index (κ1) is 29.6.